The molecule has 2 N–H and O–H groups in total. The number of nitrogens with zero attached hydrogens (tertiary/aromatic N) is 1. The molecule has 1 atom stereocenters. The Bertz CT molecular complexity index is 153. The van der Waals surface area contributed by atoms with Gasteiger partial charge in [0.2, 0.25) is 0 Å². The van der Waals surface area contributed by atoms with Gasteiger partial charge < -0.3 is 10.6 Å². The van der Waals surface area contributed by atoms with Gasteiger partial charge in [0.25, 0.3) is 0 Å². The summed E-state index contributed by atoms with van der Waals surface area (Å²) in [7, 11) is 2.26. The maximum atomic E-state index is 5.85. The maximum Gasteiger partial charge on any atom is 0.0215 e. The second-order valence-corrected chi connectivity index (χ2v) is 5.12. The number of likely N-dealkylation sites (N-methyl/N-ethyl adjacent to an activating group) is 1. The van der Waals surface area contributed by atoms with E-state index in [0.717, 1.165) is 12.5 Å². The Morgan fingerprint density at radius 2 is 2.00 bits per heavy atom. The number of unbranched alkanes of at least 4 members (excludes halogenated alkanes) is 1. The second kappa shape index (κ2) is 7.24. The summed E-state index contributed by atoms with van der Waals surface area (Å²) in [4.78, 5) is 2.51. The first-order chi connectivity index (χ1) is 7.27. The minimum absolute atomic E-state index is 0.616. The summed E-state index contributed by atoms with van der Waals surface area (Å²) in [6.45, 7) is 4.35. The normalized spacial score (nSPS) is 20.0. The van der Waals surface area contributed by atoms with Gasteiger partial charge in [-0.25, -0.2) is 0 Å². The van der Waals surface area contributed by atoms with Crippen LogP contribution in [0.4, 0.5) is 0 Å². The number of hydrogen-bond acceptors (Lipinski definition) is 2. The summed E-state index contributed by atoms with van der Waals surface area (Å²) in [5.41, 5.74) is 5.85. The molecule has 0 bridgehead atoms. The Kier molecular flexibility index (Phi) is 6.26. The van der Waals surface area contributed by atoms with Gasteiger partial charge in [-0.3, -0.25) is 0 Å². The Labute approximate surface area is 95.2 Å². The average molecular weight is 212 g/mol. The molecule has 0 spiro atoms. The summed E-state index contributed by atoms with van der Waals surface area (Å²) < 4.78 is 0. The van der Waals surface area contributed by atoms with Gasteiger partial charge in [-0.15, -0.1) is 0 Å². The molecule has 2 nitrogen and oxygen atoms in total. The Balaban J connectivity index is 2.24. The summed E-state index contributed by atoms with van der Waals surface area (Å²) in [5.74, 6) is 0.950. The van der Waals surface area contributed by atoms with Crippen molar-refractivity contribution in [3.63, 3.8) is 0 Å². The highest BCUT2D eigenvalue weighted by atomic mass is 15.1. The van der Waals surface area contributed by atoms with Crippen LogP contribution < -0.4 is 5.73 Å². The molecule has 0 heterocycles. The molecule has 1 unspecified atom stereocenters. The van der Waals surface area contributed by atoms with Gasteiger partial charge in [0.1, 0.15) is 0 Å². The lowest BCUT2D eigenvalue weighted by Gasteiger charge is -2.29. The van der Waals surface area contributed by atoms with E-state index in [1.54, 1.807) is 0 Å². The minimum Gasteiger partial charge on any atom is -0.329 e. The van der Waals surface area contributed by atoms with Gasteiger partial charge in [0.15, 0.2) is 0 Å². The molecular weight excluding hydrogens is 184 g/mol. The summed E-state index contributed by atoms with van der Waals surface area (Å²) in [6.07, 6.45) is 9.65. The van der Waals surface area contributed by atoms with Crippen LogP contribution >= 0.6 is 0 Å². The second-order valence-electron chi connectivity index (χ2n) is 5.12. The van der Waals surface area contributed by atoms with Crippen LogP contribution in [0.3, 0.4) is 0 Å². The van der Waals surface area contributed by atoms with Crippen molar-refractivity contribution < 1.29 is 0 Å². The lowest BCUT2D eigenvalue weighted by Crippen LogP contribution is -2.40. The van der Waals surface area contributed by atoms with Crippen LogP contribution in [0, 0.1) is 5.92 Å². The van der Waals surface area contributed by atoms with E-state index in [9.17, 15) is 0 Å². The van der Waals surface area contributed by atoms with Crippen LogP contribution in [0.5, 0.6) is 0 Å². The third-order valence-electron chi connectivity index (χ3n) is 3.81. The molecule has 15 heavy (non-hydrogen) atoms. The average Bonchev–Trinajstić information content (AvgIpc) is 2.71. The molecule has 0 radical (unpaired) electrons. The van der Waals surface area contributed by atoms with Crippen molar-refractivity contribution in [1.82, 2.24) is 4.90 Å². The Hall–Kier alpha value is -0.0800. The maximum absolute atomic E-state index is 5.85. The van der Waals surface area contributed by atoms with Gasteiger partial charge in [-0.05, 0) is 32.2 Å². The first-order valence-corrected chi connectivity index (χ1v) is 6.68. The van der Waals surface area contributed by atoms with Crippen molar-refractivity contribution in [2.24, 2.45) is 11.7 Å². The minimum atomic E-state index is 0.616. The van der Waals surface area contributed by atoms with E-state index in [1.807, 2.05) is 0 Å². The fourth-order valence-corrected chi connectivity index (χ4v) is 2.71. The van der Waals surface area contributed by atoms with Gasteiger partial charge in [0, 0.05) is 19.1 Å². The lowest BCUT2D eigenvalue weighted by molar-refractivity contribution is 0.199. The van der Waals surface area contributed by atoms with Gasteiger partial charge in [-0.2, -0.15) is 0 Å². The molecule has 0 aliphatic heterocycles. The lowest BCUT2D eigenvalue weighted by atomic mass is 10.0. The zero-order valence-electron chi connectivity index (χ0n) is 10.5. The molecule has 0 aromatic heterocycles. The zero-order valence-corrected chi connectivity index (χ0v) is 10.5. The monoisotopic (exact) mass is 212 g/mol. The SMILES string of the molecule is CCCCC(CN)N(C)CC1CCCC1. The highest BCUT2D eigenvalue weighted by molar-refractivity contribution is 4.75. The van der Waals surface area contributed by atoms with Crippen molar-refractivity contribution in [3.05, 3.63) is 0 Å². The molecule has 1 saturated carbocycles. The molecule has 0 saturated heterocycles. The molecule has 1 fully saturated rings. The zero-order chi connectivity index (χ0) is 11.1. The van der Waals surface area contributed by atoms with Crippen molar-refractivity contribution >= 4 is 0 Å². The van der Waals surface area contributed by atoms with Crippen LogP contribution in [0.2, 0.25) is 0 Å². The van der Waals surface area contributed by atoms with Crippen molar-refractivity contribution in [1.29, 1.82) is 0 Å². The van der Waals surface area contributed by atoms with Crippen molar-refractivity contribution in [2.75, 3.05) is 20.1 Å². The molecule has 1 aliphatic carbocycles. The van der Waals surface area contributed by atoms with E-state index in [4.69, 9.17) is 5.73 Å². The van der Waals surface area contributed by atoms with E-state index in [2.05, 4.69) is 18.9 Å². The first-order valence-electron chi connectivity index (χ1n) is 6.68. The Morgan fingerprint density at radius 3 is 2.53 bits per heavy atom. The standard InChI is InChI=1S/C13H28N2/c1-3-4-9-13(10-14)15(2)11-12-7-5-6-8-12/h12-13H,3-11,14H2,1-2H3. The molecule has 1 rings (SSSR count). The molecule has 90 valence electrons. The third kappa shape index (κ3) is 4.52. The molecule has 0 aromatic rings. The molecule has 0 amide bonds. The van der Waals surface area contributed by atoms with Crippen LogP contribution in [0.1, 0.15) is 51.9 Å². The van der Waals surface area contributed by atoms with Crippen LogP contribution in [0.25, 0.3) is 0 Å². The topological polar surface area (TPSA) is 29.3 Å². The molecule has 2 heteroatoms. The molecule has 0 aromatic carbocycles. The van der Waals surface area contributed by atoms with Crippen LogP contribution in [-0.2, 0) is 0 Å². The predicted octanol–water partition coefficient (Wildman–Crippen LogP) is 2.63. The number of nitrogens with two attached hydrogens (primary N) is 1. The van der Waals surface area contributed by atoms with E-state index in [1.165, 1.54) is 51.5 Å². The van der Waals surface area contributed by atoms with E-state index in [0.29, 0.717) is 6.04 Å². The highest BCUT2D eigenvalue weighted by Gasteiger charge is 2.20. The van der Waals surface area contributed by atoms with Crippen molar-refractivity contribution in [2.45, 2.75) is 57.9 Å². The fraction of sp³-hybridized carbons (Fsp3) is 1.00. The smallest absolute Gasteiger partial charge is 0.0215 e. The van der Waals surface area contributed by atoms with Crippen molar-refractivity contribution in [3.8, 4) is 0 Å². The molecular formula is C13H28N2. The van der Waals surface area contributed by atoms with E-state index >= 15 is 0 Å². The van der Waals surface area contributed by atoms with E-state index in [-0.39, 0.29) is 0 Å². The first kappa shape index (κ1) is 13.0. The largest absolute Gasteiger partial charge is 0.329 e. The van der Waals surface area contributed by atoms with Gasteiger partial charge >= 0.3 is 0 Å². The molecule has 1 aliphatic rings. The number of rotatable bonds is 7. The number of hydrogen-bond donors (Lipinski definition) is 1. The van der Waals surface area contributed by atoms with Gasteiger partial charge in [-0.1, -0.05) is 32.6 Å². The van der Waals surface area contributed by atoms with E-state index < -0.39 is 0 Å². The highest BCUT2D eigenvalue weighted by Crippen LogP contribution is 2.25. The fourth-order valence-electron chi connectivity index (χ4n) is 2.71. The van der Waals surface area contributed by atoms with Crippen LogP contribution in [0.15, 0.2) is 0 Å². The summed E-state index contributed by atoms with van der Waals surface area (Å²) in [6, 6.07) is 0.616. The summed E-state index contributed by atoms with van der Waals surface area (Å²) >= 11 is 0. The quantitative estimate of drug-likeness (QED) is 0.703. The van der Waals surface area contributed by atoms with Gasteiger partial charge in [0.05, 0.1) is 0 Å². The summed E-state index contributed by atoms with van der Waals surface area (Å²) in [5, 5.41) is 0. The third-order valence-corrected chi connectivity index (χ3v) is 3.81. The Morgan fingerprint density at radius 1 is 1.33 bits per heavy atom. The van der Waals surface area contributed by atoms with Crippen LogP contribution in [-0.4, -0.2) is 31.1 Å². The predicted molar refractivity (Wildman–Crippen MR) is 67.0 cm³/mol.